The first-order valence-corrected chi connectivity index (χ1v) is 7.37. The van der Waals surface area contributed by atoms with Crippen LogP contribution in [0.4, 0.5) is 5.69 Å². The standard InChI is InChI=1S/C18H19NO4/c1-3-14-7-4-6-13(2)18(14)19-16(20)12-23-17(21)10-9-15-8-5-11-22-15/h4-11H,3,12H2,1-2H3,(H,19,20)/b10-9+. The summed E-state index contributed by atoms with van der Waals surface area (Å²) in [5, 5.41) is 2.80. The van der Waals surface area contributed by atoms with Gasteiger partial charge in [-0.15, -0.1) is 0 Å². The Labute approximate surface area is 134 Å². The molecule has 0 aliphatic heterocycles. The Kier molecular flexibility index (Phi) is 5.74. The maximum Gasteiger partial charge on any atom is 0.331 e. The van der Waals surface area contributed by atoms with Gasteiger partial charge in [0.2, 0.25) is 0 Å². The highest BCUT2D eigenvalue weighted by Crippen LogP contribution is 2.20. The minimum atomic E-state index is -0.600. The van der Waals surface area contributed by atoms with Crippen molar-refractivity contribution in [2.45, 2.75) is 20.3 Å². The number of para-hydroxylation sites is 1. The normalized spacial score (nSPS) is 10.7. The molecule has 0 bridgehead atoms. The third-order valence-electron chi connectivity index (χ3n) is 3.28. The van der Waals surface area contributed by atoms with Gasteiger partial charge in [0.1, 0.15) is 5.76 Å². The zero-order chi connectivity index (χ0) is 16.7. The van der Waals surface area contributed by atoms with Crippen molar-refractivity contribution in [3.05, 3.63) is 59.6 Å². The average Bonchev–Trinajstić information content (AvgIpc) is 3.06. The smallest absolute Gasteiger partial charge is 0.331 e. The number of hydrogen-bond acceptors (Lipinski definition) is 4. The lowest BCUT2D eigenvalue weighted by Gasteiger charge is -2.12. The number of benzene rings is 1. The van der Waals surface area contributed by atoms with Crippen LogP contribution < -0.4 is 5.32 Å². The number of hydrogen-bond donors (Lipinski definition) is 1. The number of furan rings is 1. The molecule has 0 saturated heterocycles. The highest BCUT2D eigenvalue weighted by Gasteiger charge is 2.10. The van der Waals surface area contributed by atoms with E-state index >= 15 is 0 Å². The van der Waals surface area contributed by atoms with Crippen LogP contribution in [0.2, 0.25) is 0 Å². The van der Waals surface area contributed by atoms with E-state index < -0.39 is 5.97 Å². The second-order valence-electron chi connectivity index (χ2n) is 4.97. The Morgan fingerprint density at radius 1 is 1.26 bits per heavy atom. The maximum absolute atomic E-state index is 11.9. The van der Waals surface area contributed by atoms with Crippen molar-refractivity contribution in [3.8, 4) is 0 Å². The summed E-state index contributed by atoms with van der Waals surface area (Å²) < 4.78 is 9.96. The molecule has 1 aromatic heterocycles. The van der Waals surface area contributed by atoms with Crippen LogP contribution in [0, 0.1) is 6.92 Å². The van der Waals surface area contributed by atoms with E-state index in [9.17, 15) is 9.59 Å². The zero-order valence-corrected chi connectivity index (χ0v) is 13.2. The molecule has 0 aliphatic carbocycles. The van der Waals surface area contributed by atoms with Crippen LogP contribution in [0.5, 0.6) is 0 Å². The van der Waals surface area contributed by atoms with Gasteiger partial charge in [-0.3, -0.25) is 4.79 Å². The van der Waals surface area contributed by atoms with Crippen LogP contribution in [-0.4, -0.2) is 18.5 Å². The maximum atomic E-state index is 11.9. The number of ether oxygens (including phenoxy) is 1. The summed E-state index contributed by atoms with van der Waals surface area (Å²) in [5.41, 5.74) is 2.80. The molecule has 0 aliphatic rings. The number of aryl methyl sites for hydroxylation is 2. The average molecular weight is 313 g/mol. The number of rotatable bonds is 6. The fraction of sp³-hybridized carbons (Fsp3) is 0.222. The molecule has 23 heavy (non-hydrogen) atoms. The fourth-order valence-electron chi connectivity index (χ4n) is 2.10. The lowest BCUT2D eigenvalue weighted by molar-refractivity contribution is -0.142. The lowest BCUT2D eigenvalue weighted by Crippen LogP contribution is -2.21. The molecule has 1 heterocycles. The number of anilines is 1. The van der Waals surface area contributed by atoms with Crippen LogP contribution in [0.1, 0.15) is 23.8 Å². The predicted molar refractivity (Wildman–Crippen MR) is 87.9 cm³/mol. The molecule has 0 fully saturated rings. The minimum absolute atomic E-state index is 0.335. The van der Waals surface area contributed by atoms with Gasteiger partial charge in [0, 0.05) is 11.8 Å². The van der Waals surface area contributed by atoms with E-state index in [-0.39, 0.29) is 12.5 Å². The first-order valence-electron chi connectivity index (χ1n) is 7.37. The van der Waals surface area contributed by atoms with Crippen LogP contribution in [0.3, 0.4) is 0 Å². The summed E-state index contributed by atoms with van der Waals surface area (Å²) in [7, 11) is 0. The largest absolute Gasteiger partial charge is 0.465 e. The van der Waals surface area contributed by atoms with Gasteiger partial charge in [0.05, 0.1) is 6.26 Å². The molecular formula is C18H19NO4. The quantitative estimate of drug-likeness (QED) is 0.656. The Hall–Kier alpha value is -2.82. The molecule has 1 amide bonds. The van der Waals surface area contributed by atoms with Crippen LogP contribution in [0.15, 0.2) is 47.1 Å². The Morgan fingerprint density at radius 3 is 2.78 bits per heavy atom. The van der Waals surface area contributed by atoms with Crippen molar-refractivity contribution < 1.29 is 18.7 Å². The molecule has 0 unspecified atom stereocenters. The molecule has 2 aromatic rings. The minimum Gasteiger partial charge on any atom is -0.465 e. The van der Waals surface area contributed by atoms with Crippen molar-refractivity contribution in [2.24, 2.45) is 0 Å². The van der Waals surface area contributed by atoms with E-state index in [0.717, 1.165) is 23.2 Å². The lowest BCUT2D eigenvalue weighted by atomic mass is 10.1. The SMILES string of the molecule is CCc1cccc(C)c1NC(=O)COC(=O)/C=C/c1ccco1. The Bertz CT molecular complexity index is 702. The second kappa shape index (κ2) is 7.98. The molecule has 0 saturated carbocycles. The predicted octanol–water partition coefficient (Wildman–Crippen LogP) is 3.35. The zero-order valence-electron chi connectivity index (χ0n) is 13.2. The number of carbonyl (C=O) groups is 2. The van der Waals surface area contributed by atoms with E-state index in [1.54, 1.807) is 12.1 Å². The second-order valence-corrected chi connectivity index (χ2v) is 4.97. The van der Waals surface area contributed by atoms with E-state index in [1.165, 1.54) is 18.4 Å². The molecular weight excluding hydrogens is 294 g/mol. The molecule has 2 rings (SSSR count). The van der Waals surface area contributed by atoms with Gasteiger partial charge in [0.15, 0.2) is 6.61 Å². The fourth-order valence-corrected chi connectivity index (χ4v) is 2.10. The van der Waals surface area contributed by atoms with Gasteiger partial charge in [0.25, 0.3) is 5.91 Å². The van der Waals surface area contributed by atoms with E-state index in [1.807, 2.05) is 32.0 Å². The molecule has 1 N–H and O–H groups in total. The molecule has 0 radical (unpaired) electrons. The van der Waals surface area contributed by atoms with Gasteiger partial charge in [-0.25, -0.2) is 4.79 Å². The van der Waals surface area contributed by atoms with Crippen molar-refractivity contribution in [3.63, 3.8) is 0 Å². The summed E-state index contributed by atoms with van der Waals surface area (Å²) >= 11 is 0. The Balaban J connectivity index is 1.87. The molecule has 0 spiro atoms. The Morgan fingerprint density at radius 2 is 2.09 bits per heavy atom. The summed E-state index contributed by atoms with van der Waals surface area (Å²) in [6.45, 7) is 3.61. The number of esters is 1. The highest BCUT2D eigenvalue weighted by molar-refractivity contribution is 5.95. The molecule has 5 nitrogen and oxygen atoms in total. The molecule has 0 atom stereocenters. The summed E-state index contributed by atoms with van der Waals surface area (Å²) in [6.07, 6.45) is 5.02. The third-order valence-corrected chi connectivity index (χ3v) is 3.28. The number of carbonyl (C=O) groups excluding carboxylic acids is 2. The monoisotopic (exact) mass is 313 g/mol. The van der Waals surface area contributed by atoms with Crippen molar-refractivity contribution in [1.82, 2.24) is 0 Å². The van der Waals surface area contributed by atoms with E-state index in [4.69, 9.17) is 9.15 Å². The summed E-state index contributed by atoms with van der Waals surface area (Å²) in [6, 6.07) is 9.25. The third kappa shape index (κ3) is 4.85. The van der Waals surface area contributed by atoms with Crippen LogP contribution >= 0.6 is 0 Å². The molecule has 5 heteroatoms. The van der Waals surface area contributed by atoms with E-state index in [2.05, 4.69) is 5.32 Å². The molecule has 120 valence electrons. The van der Waals surface area contributed by atoms with Crippen molar-refractivity contribution in [1.29, 1.82) is 0 Å². The summed E-state index contributed by atoms with van der Waals surface area (Å²) in [4.78, 5) is 23.5. The highest BCUT2D eigenvalue weighted by atomic mass is 16.5. The number of nitrogens with one attached hydrogen (secondary N) is 1. The summed E-state index contributed by atoms with van der Waals surface area (Å²) in [5.74, 6) is -0.426. The van der Waals surface area contributed by atoms with Gasteiger partial charge >= 0.3 is 5.97 Å². The first-order chi connectivity index (χ1) is 11.1. The topological polar surface area (TPSA) is 68.5 Å². The van der Waals surface area contributed by atoms with Gasteiger partial charge in [-0.05, 0) is 42.7 Å². The van der Waals surface area contributed by atoms with Crippen LogP contribution in [-0.2, 0) is 20.7 Å². The molecule has 1 aromatic carbocycles. The van der Waals surface area contributed by atoms with Crippen molar-refractivity contribution >= 4 is 23.6 Å². The first kappa shape index (κ1) is 16.5. The van der Waals surface area contributed by atoms with E-state index in [0.29, 0.717) is 5.76 Å². The van der Waals surface area contributed by atoms with Gasteiger partial charge in [-0.2, -0.15) is 0 Å². The number of amides is 1. The van der Waals surface area contributed by atoms with Crippen LogP contribution in [0.25, 0.3) is 6.08 Å². The van der Waals surface area contributed by atoms with Gasteiger partial charge < -0.3 is 14.5 Å². The van der Waals surface area contributed by atoms with Crippen molar-refractivity contribution in [2.75, 3.05) is 11.9 Å². The van der Waals surface area contributed by atoms with Gasteiger partial charge in [-0.1, -0.05) is 25.1 Å².